The average molecular weight is 316 g/mol. The number of fused-ring (bicyclic) bond motifs is 3. The van der Waals surface area contributed by atoms with Gasteiger partial charge in [-0.2, -0.15) is 0 Å². The zero-order valence-electron chi connectivity index (χ0n) is 13.0. The SMILES string of the molecule is COC(=O)C(C(=O)OC)=C1CC(OC)c2c1oc1ccccc21. The summed E-state index contributed by atoms with van der Waals surface area (Å²) < 4.78 is 20.8. The Morgan fingerprint density at radius 1 is 1.09 bits per heavy atom. The molecule has 6 heteroatoms. The molecule has 1 aromatic carbocycles. The first-order valence-electron chi connectivity index (χ1n) is 7.06. The van der Waals surface area contributed by atoms with Crippen LogP contribution in [-0.4, -0.2) is 33.3 Å². The van der Waals surface area contributed by atoms with E-state index in [1.165, 1.54) is 14.2 Å². The number of benzene rings is 1. The molecule has 0 radical (unpaired) electrons. The molecule has 1 aliphatic carbocycles. The summed E-state index contributed by atoms with van der Waals surface area (Å²) in [5.74, 6) is -1.03. The van der Waals surface area contributed by atoms with Gasteiger partial charge in [-0.1, -0.05) is 18.2 Å². The van der Waals surface area contributed by atoms with Gasteiger partial charge in [0.1, 0.15) is 11.3 Å². The third-order valence-electron chi connectivity index (χ3n) is 3.98. The first kappa shape index (κ1) is 15.3. The second kappa shape index (κ2) is 5.89. The second-order valence-corrected chi connectivity index (χ2v) is 5.11. The lowest BCUT2D eigenvalue weighted by molar-refractivity contribution is -0.143. The van der Waals surface area contributed by atoms with E-state index in [1.54, 1.807) is 7.11 Å². The number of hydrogen-bond acceptors (Lipinski definition) is 6. The first-order chi connectivity index (χ1) is 11.1. The zero-order valence-corrected chi connectivity index (χ0v) is 13.0. The minimum atomic E-state index is -0.755. The number of esters is 2. The van der Waals surface area contributed by atoms with E-state index in [0.29, 0.717) is 23.3 Å². The van der Waals surface area contributed by atoms with E-state index < -0.39 is 11.9 Å². The Balaban J connectivity index is 2.29. The van der Waals surface area contributed by atoms with Crippen LogP contribution in [0.25, 0.3) is 16.5 Å². The lowest BCUT2D eigenvalue weighted by atomic mass is 10.1. The van der Waals surface area contributed by atoms with Gasteiger partial charge in [0.15, 0.2) is 5.57 Å². The summed E-state index contributed by atoms with van der Waals surface area (Å²) in [6.07, 6.45) is 0.0441. The lowest BCUT2D eigenvalue weighted by Gasteiger charge is -2.09. The van der Waals surface area contributed by atoms with E-state index in [-0.39, 0.29) is 11.7 Å². The maximum Gasteiger partial charge on any atom is 0.345 e. The molecule has 0 saturated heterocycles. The van der Waals surface area contributed by atoms with Crippen molar-refractivity contribution in [1.29, 1.82) is 0 Å². The standard InChI is InChI=1S/C17H16O6/c1-20-12-8-10(14(16(18)21-2)17(19)22-3)15-13(12)9-6-4-5-7-11(9)23-15/h4-7,12H,8H2,1-3H3. The summed E-state index contributed by atoms with van der Waals surface area (Å²) in [4.78, 5) is 24.1. The number of para-hydroxylation sites is 1. The third-order valence-corrected chi connectivity index (χ3v) is 3.98. The molecule has 23 heavy (non-hydrogen) atoms. The number of carbonyl (C=O) groups is 2. The number of ether oxygens (including phenoxy) is 3. The van der Waals surface area contributed by atoms with Crippen molar-refractivity contribution in [3.8, 4) is 0 Å². The van der Waals surface area contributed by atoms with E-state index in [9.17, 15) is 9.59 Å². The summed E-state index contributed by atoms with van der Waals surface area (Å²) in [7, 11) is 4.01. The molecule has 0 saturated carbocycles. The van der Waals surface area contributed by atoms with Crippen LogP contribution in [-0.2, 0) is 23.8 Å². The summed E-state index contributed by atoms with van der Waals surface area (Å²) >= 11 is 0. The topological polar surface area (TPSA) is 75.0 Å². The molecule has 0 N–H and O–H groups in total. The minimum absolute atomic E-state index is 0.158. The Bertz CT molecular complexity index is 796. The number of methoxy groups -OCH3 is 3. The molecule has 0 fully saturated rings. The summed E-state index contributed by atoms with van der Waals surface area (Å²) in [6.45, 7) is 0. The molecule has 0 aliphatic heterocycles. The molecule has 0 bridgehead atoms. The molecule has 6 nitrogen and oxygen atoms in total. The van der Waals surface area contributed by atoms with Gasteiger partial charge in [-0.3, -0.25) is 0 Å². The van der Waals surface area contributed by atoms with Crippen molar-refractivity contribution in [3.05, 3.63) is 41.2 Å². The quantitative estimate of drug-likeness (QED) is 0.375. The van der Waals surface area contributed by atoms with Crippen molar-refractivity contribution < 1.29 is 28.2 Å². The maximum atomic E-state index is 12.1. The Morgan fingerprint density at radius 2 is 1.74 bits per heavy atom. The number of hydrogen-bond donors (Lipinski definition) is 0. The smallest absolute Gasteiger partial charge is 0.345 e. The number of furan rings is 1. The van der Waals surface area contributed by atoms with E-state index >= 15 is 0 Å². The molecule has 1 atom stereocenters. The predicted octanol–water partition coefficient (Wildman–Crippen LogP) is 2.62. The van der Waals surface area contributed by atoms with Crippen LogP contribution in [0.4, 0.5) is 0 Å². The minimum Gasteiger partial charge on any atom is -0.465 e. The summed E-state index contributed by atoms with van der Waals surface area (Å²) in [6, 6.07) is 7.50. The van der Waals surface area contributed by atoms with Gasteiger partial charge in [0.05, 0.1) is 20.3 Å². The molecule has 1 aliphatic rings. The van der Waals surface area contributed by atoms with Crippen LogP contribution < -0.4 is 0 Å². The average Bonchev–Trinajstić information content (AvgIpc) is 3.12. The highest BCUT2D eigenvalue weighted by Crippen LogP contribution is 2.48. The highest BCUT2D eigenvalue weighted by Gasteiger charge is 2.38. The molecular formula is C17H16O6. The molecule has 2 aromatic rings. The molecule has 0 amide bonds. The maximum absolute atomic E-state index is 12.1. The van der Waals surface area contributed by atoms with Crippen molar-refractivity contribution >= 4 is 28.5 Å². The molecular weight excluding hydrogens is 300 g/mol. The lowest BCUT2D eigenvalue weighted by Crippen LogP contribution is -2.17. The fraction of sp³-hybridized carbons (Fsp3) is 0.294. The van der Waals surface area contributed by atoms with Crippen molar-refractivity contribution in [2.24, 2.45) is 0 Å². The van der Waals surface area contributed by atoms with E-state index in [0.717, 1.165) is 10.9 Å². The molecule has 120 valence electrons. The van der Waals surface area contributed by atoms with Gasteiger partial charge in [0, 0.05) is 30.1 Å². The highest BCUT2D eigenvalue weighted by atomic mass is 16.5. The van der Waals surface area contributed by atoms with Crippen LogP contribution in [0.5, 0.6) is 0 Å². The van der Waals surface area contributed by atoms with Gasteiger partial charge in [-0.25, -0.2) is 9.59 Å². The van der Waals surface area contributed by atoms with Crippen molar-refractivity contribution in [2.45, 2.75) is 12.5 Å². The number of rotatable bonds is 3. The molecule has 1 unspecified atom stereocenters. The van der Waals surface area contributed by atoms with Crippen molar-refractivity contribution in [3.63, 3.8) is 0 Å². The van der Waals surface area contributed by atoms with Crippen molar-refractivity contribution in [1.82, 2.24) is 0 Å². The molecule has 1 aromatic heterocycles. The van der Waals surface area contributed by atoms with E-state index in [4.69, 9.17) is 18.6 Å². The monoisotopic (exact) mass is 316 g/mol. The van der Waals surface area contributed by atoms with Gasteiger partial charge in [-0.15, -0.1) is 0 Å². The summed E-state index contributed by atoms with van der Waals surface area (Å²) in [5, 5.41) is 0.901. The largest absolute Gasteiger partial charge is 0.465 e. The van der Waals surface area contributed by atoms with E-state index in [1.807, 2.05) is 24.3 Å². The Hall–Kier alpha value is -2.60. The van der Waals surface area contributed by atoms with Crippen LogP contribution in [0.1, 0.15) is 23.8 Å². The highest BCUT2D eigenvalue weighted by molar-refractivity contribution is 6.20. The van der Waals surface area contributed by atoms with Gasteiger partial charge < -0.3 is 18.6 Å². The van der Waals surface area contributed by atoms with Crippen LogP contribution in [0, 0.1) is 0 Å². The molecule has 1 heterocycles. The Morgan fingerprint density at radius 3 is 2.35 bits per heavy atom. The molecule has 3 rings (SSSR count). The third kappa shape index (κ3) is 2.31. The fourth-order valence-electron chi connectivity index (χ4n) is 2.94. The van der Waals surface area contributed by atoms with Gasteiger partial charge >= 0.3 is 11.9 Å². The zero-order chi connectivity index (χ0) is 16.6. The predicted molar refractivity (Wildman–Crippen MR) is 81.5 cm³/mol. The van der Waals surface area contributed by atoms with Gasteiger partial charge in [0.2, 0.25) is 0 Å². The van der Waals surface area contributed by atoms with Gasteiger partial charge in [0.25, 0.3) is 0 Å². The van der Waals surface area contributed by atoms with Gasteiger partial charge in [-0.05, 0) is 6.07 Å². The van der Waals surface area contributed by atoms with E-state index in [2.05, 4.69) is 0 Å². The fourth-order valence-corrected chi connectivity index (χ4v) is 2.94. The first-order valence-corrected chi connectivity index (χ1v) is 7.06. The summed E-state index contributed by atoms with van der Waals surface area (Å²) in [5.41, 5.74) is 1.80. The molecule has 0 spiro atoms. The van der Waals surface area contributed by atoms with Crippen LogP contribution >= 0.6 is 0 Å². The van der Waals surface area contributed by atoms with Crippen LogP contribution in [0.2, 0.25) is 0 Å². The number of carbonyl (C=O) groups excluding carboxylic acids is 2. The van der Waals surface area contributed by atoms with Crippen molar-refractivity contribution in [2.75, 3.05) is 21.3 Å². The van der Waals surface area contributed by atoms with Crippen LogP contribution in [0.15, 0.2) is 34.3 Å². The second-order valence-electron chi connectivity index (χ2n) is 5.11. The van der Waals surface area contributed by atoms with Crippen LogP contribution in [0.3, 0.4) is 0 Å². The normalized spacial score (nSPS) is 16.3. The Labute approximate surface area is 132 Å². The Kier molecular flexibility index (Phi) is 3.92.